The lowest BCUT2D eigenvalue weighted by atomic mass is 9.85. The molecule has 8 nitrogen and oxygen atoms in total. The van der Waals surface area contributed by atoms with Gasteiger partial charge in [0.1, 0.15) is 5.75 Å². The molecule has 37 heavy (non-hydrogen) atoms. The highest BCUT2D eigenvalue weighted by molar-refractivity contribution is 7.89. The summed E-state index contributed by atoms with van der Waals surface area (Å²) in [5.74, 6) is 0.923. The number of fused-ring (bicyclic) bond motifs is 1. The van der Waals surface area contributed by atoms with Crippen LogP contribution in [0.5, 0.6) is 5.75 Å². The minimum atomic E-state index is -3.69. The number of carbonyl (C=O) groups excluding carboxylic acids is 1. The SMILES string of the molecule is COc1ccc(-c2cc3ccc(S(=O)(=O)NC4CCC(C(=O)N5CCOC[C@@H]5C)CC4)cc3n2C)cc1. The Morgan fingerprint density at radius 2 is 1.78 bits per heavy atom. The van der Waals surface area contributed by atoms with Crippen molar-refractivity contribution in [2.75, 3.05) is 26.9 Å². The molecule has 0 spiro atoms. The molecule has 2 aromatic carbocycles. The first-order valence-corrected chi connectivity index (χ1v) is 14.4. The van der Waals surface area contributed by atoms with Crippen molar-refractivity contribution in [1.82, 2.24) is 14.2 Å². The van der Waals surface area contributed by atoms with Gasteiger partial charge in [0, 0.05) is 42.1 Å². The van der Waals surface area contributed by atoms with Crippen LogP contribution in [0.4, 0.5) is 0 Å². The van der Waals surface area contributed by atoms with E-state index in [1.54, 1.807) is 19.2 Å². The van der Waals surface area contributed by atoms with Crippen molar-refractivity contribution in [1.29, 1.82) is 0 Å². The molecule has 0 unspecified atom stereocenters. The molecule has 1 amide bonds. The van der Waals surface area contributed by atoms with Gasteiger partial charge in [-0.25, -0.2) is 13.1 Å². The maximum atomic E-state index is 13.3. The first kappa shape index (κ1) is 25.8. The van der Waals surface area contributed by atoms with Crippen LogP contribution in [0.3, 0.4) is 0 Å². The second-order valence-corrected chi connectivity index (χ2v) is 11.9. The zero-order valence-electron chi connectivity index (χ0n) is 21.6. The quantitative estimate of drug-likeness (QED) is 0.527. The molecule has 1 N–H and O–H groups in total. The van der Waals surface area contributed by atoms with E-state index in [9.17, 15) is 13.2 Å². The van der Waals surface area contributed by atoms with Crippen LogP contribution in [0.25, 0.3) is 22.2 Å². The second kappa shape index (κ2) is 10.5. The fourth-order valence-corrected chi connectivity index (χ4v) is 6.88. The third-order valence-electron chi connectivity index (χ3n) is 7.76. The van der Waals surface area contributed by atoms with Gasteiger partial charge in [-0.1, -0.05) is 6.07 Å². The number of sulfonamides is 1. The Kier molecular flexibility index (Phi) is 7.29. The standard InChI is InChI=1S/C28H35N3O5S/c1-19-18-36-15-14-31(19)28(32)21-4-9-23(10-5-21)29-37(33,34)25-13-8-22-16-26(30(2)27(22)17-25)20-6-11-24(35-3)12-7-20/h6-8,11-13,16-17,19,21,23,29H,4-5,9-10,14-15,18H2,1-3H3/t19-,21?,23?/m0/s1. The normalized spacial score (nSPS) is 22.8. The van der Waals surface area contributed by atoms with E-state index >= 15 is 0 Å². The number of nitrogens with one attached hydrogen (secondary N) is 1. The van der Waals surface area contributed by atoms with Crippen molar-refractivity contribution in [3.63, 3.8) is 0 Å². The number of hydrogen-bond acceptors (Lipinski definition) is 5. The van der Waals surface area contributed by atoms with Crippen molar-refractivity contribution in [2.45, 2.75) is 49.6 Å². The molecular weight excluding hydrogens is 490 g/mol. The van der Waals surface area contributed by atoms with Crippen molar-refractivity contribution in [3.8, 4) is 17.0 Å². The van der Waals surface area contributed by atoms with E-state index < -0.39 is 10.0 Å². The van der Waals surface area contributed by atoms with E-state index in [-0.39, 0.29) is 28.8 Å². The van der Waals surface area contributed by atoms with Crippen molar-refractivity contribution in [3.05, 3.63) is 48.5 Å². The third kappa shape index (κ3) is 5.26. The van der Waals surface area contributed by atoms with Crippen LogP contribution in [-0.4, -0.2) is 62.7 Å². The van der Waals surface area contributed by atoms with Gasteiger partial charge in [-0.2, -0.15) is 0 Å². The zero-order chi connectivity index (χ0) is 26.2. The molecule has 2 fully saturated rings. The lowest BCUT2D eigenvalue weighted by molar-refractivity contribution is -0.144. The molecule has 1 aliphatic heterocycles. The Morgan fingerprint density at radius 3 is 2.46 bits per heavy atom. The number of ether oxygens (including phenoxy) is 2. The number of rotatable bonds is 6. The van der Waals surface area contributed by atoms with Crippen molar-refractivity contribution < 1.29 is 22.7 Å². The van der Waals surface area contributed by atoms with Gasteiger partial charge >= 0.3 is 0 Å². The molecule has 0 radical (unpaired) electrons. The average molecular weight is 526 g/mol. The van der Waals surface area contributed by atoms with Gasteiger partial charge in [-0.3, -0.25) is 4.79 Å². The first-order valence-electron chi connectivity index (χ1n) is 12.9. The van der Waals surface area contributed by atoms with Crippen LogP contribution in [0, 0.1) is 5.92 Å². The summed E-state index contributed by atoms with van der Waals surface area (Å²) in [5.41, 5.74) is 2.88. The van der Waals surface area contributed by atoms with Crippen LogP contribution < -0.4 is 9.46 Å². The lowest BCUT2D eigenvalue weighted by Gasteiger charge is -2.37. The van der Waals surface area contributed by atoms with Gasteiger partial charge in [-0.15, -0.1) is 0 Å². The number of amides is 1. The summed E-state index contributed by atoms with van der Waals surface area (Å²) in [6, 6.07) is 15.1. The first-order chi connectivity index (χ1) is 17.8. The number of aromatic nitrogens is 1. The monoisotopic (exact) mass is 525 g/mol. The summed E-state index contributed by atoms with van der Waals surface area (Å²) in [5, 5.41) is 0.976. The molecule has 3 aromatic rings. The van der Waals surface area contributed by atoms with Gasteiger partial charge in [0.25, 0.3) is 0 Å². The Labute approximate surface area is 218 Å². The van der Waals surface area contributed by atoms with E-state index in [1.165, 1.54) is 0 Å². The smallest absolute Gasteiger partial charge is 0.240 e. The number of benzene rings is 2. The van der Waals surface area contributed by atoms with E-state index in [0.29, 0.717) is 45.4 Å². The maximum Gasteiger partial charge on any atom is 0.240 e. The molecule has 1 saturated carbocycles. The fourth-order valence-electron chi connectivity index (χ4n) is 5.55. The summed E-state index contributed by atoms with van der Waals surface area (Å²) < 4.78 is 42.2. The van der Waals surface area contributed by atoms with E-state index in [0.717, 1.165) is 27.9 Å². The minimum Gasteiger partial charge on any atom is -0.497 e. The molecule has 2 aliphatic rings. The van der Waals surface area contributed by atoms with Crippen molar-refractivity contribution in [2.24, 2.45) is 13.0 Å². The van der Waals surface area contributed by atoms with E-state index in [2.05, 4.69) is 10.8 Å². The van der Waals surface area contributed by atoms with Crippen LogP contribution in [0.15, 0.2) is 53.4 Å². The lowest BCUT2D eigenvalue weighted by Crippen LogP contribution is -2.50. The Hall–Kier alpha value is -2.88. The van der Waals surface area contributed by atoms with Crippen LogP contribution in [-0.2, 0) is 26.6 Å². The van der Waals surface area contributed by atoms with Gasteiger partial charge < -0.3 is 18.9 Å². The molecule has 1 aliphatic carbocycles. The largest absolute Gasteiger partial charge is 0.497 e. The Morgan fingerprint density at radius 1 is 1.05 bits per heavy atom. The number of morpholine rings is 1. The summed E-state index contributed by atoms with van der Waals surface area (Å²) in [7, 11) is -0.110. The topological polar surface area (TPSA) is 89.9 Å². The Bertz CT molecular complexity index is 1370. The molecule has 0 bridgehead atoms. The predicted molar refractivity (Wildman–Crippen MR) is 143 cm³/mol. The third-order valence-corrected chi connectivity index (χ3v) is 9.28. The van der Waals surface area contributed by atoms with Crippen LogP contribution in [0.2, 0.25) is 0 Å². The molecule has 198 valence electrons. The van der Waals surface area contributed by atoms with Gasteiger partial charge in [0.05, 0.1) is 31.3 Å². The van der Waals surface area contributed by atoms with Crippen LogP contribution >= 0.6 is 0 Å². The molecular formula is C28H35N3O5S. The number of aryl methyl sites for hydroxylation is 1. The average Bonchev–Trinajstić information content (AvgIpc) is 3.24. The molecule has 5 rings (SSSR count). The number of carbonyl (C=O) groups is 1. The highest BCUT2D eigenvalue weighted by atomic mass is 32.2. The molecule has 1 atom stereocenters. The molecule has 9 heteroatoms. The highest BCUT2D eigenvalue weighted by Crippen LogP contribution is 2.31. The number of methoxy groups -OCH3 is 1. The Balaban J connectivity index is 1.27. The molecule has 2 heterocycles. The van der Waals surface area contributed by atoms with Gasteiger partial charge in [0.2, 0.25) is 15.9 Å². The van der Waals surface area contributed by atoms with Gasteiger partial charge in [-0.05, 0) is 80.6 Å². The van der Waals surface area contributed by atoms with E-state index in [1.807, 2.05) is 53.8 Å². The number of hydrogen-bond donors (Lipinski definition) is 1. The van der Waals surface area contributed by atoms with Gasteiger partial charge in [0.15, 0.2) is 0 Å². The summed E-state index contributed by atoms with van der Waals surface area (Å²) in [4.78, 5) is 15.2. The second-order valence-electron chi connectivity index (χ2n) is 10.2. The maximum absolute atomic E-state index is 13.3. The fraction of sp³-hybridized carbons (Fsp3) is 0.464. The highest BCUT2D eigenvalue weighted by Gasteiger charge is 2.34. The van der Waals surface area contributed by atoms with Crippen LogP contribution in [0.1, 0.15) is 32.6 Å². The molecule has 1 saturated heterocycles. The molecule has 1 aromatic heterocycles. The summed E-state index contributed by atoms with van der Waals surface area (Å²) in [6.45, 7) is 3.81. The minimum absolute atomic E-state index is 0.0441. The van der Waals surface area contributed by atoms with Crippen molar-refractivity contribution >= 4 is 26.8 Å². The predicted octanol–water partition coefficient (Wildman–Crippen LogP) is 3.94. The zero-order valence-corrected chi connectivity index (χ0v) is 22.5. The number of nitrogens with zero attached hydrogens (tertiary/aromatic N) is 2. The summed E-state index contributed by atoms with van der Waals surface area (Å²) >= 11 is 0. The van der Waals surface area contributed by atoms with E-state index in [4.69, 9.17) is 9.47 Å². The summed E-state index contributed by atoms with van der Waals surface area (Å²) in [6.07, 6.45) is 2.70.